The highest BCUT2D eigenvalue weighted by Crippen LogP contribution is 2.27. The minimum Gasteiger partial charge on any atom is -0.367 e. The molecule has 1 saturated heterocycles. The lowest BCUT2D eigenvalue weighted by molar-refractivity contribution is -0.0450. The van der Waals surface area contributed by atoms with Gasteiger partial charge in [-0.1, -0.05) is 5.16 Å². The van der Waals surface area contributed by atoms with Gasteiger partial charge in [0.15, 0.2) is 0 Å². The molecule has 20 heavy (non-hydrogen) atoms. The number of hydrogen-bond donors (Lipinski definition) is 1. The Hall–Kier alpha value is -0.980. The molecule has 1 aliphatic carbocycles. The Balaban J connectivity index is 1.52. The molecule has 6 heteroatoms. The van der Waals surface area contributed by atoms with E-state index in [2.05, 4.69) is 34.2 Å². The topological polar surface area (TPSA) is 63.4 Å². The standard InChI is InChI=1S/C14H24N4O2/c1-10(2)18-5-6-19-12(9-18)14-16-13(20-17-14)8-15-7-11-3-4-11/h10-12,15H,3-9H2,1-2H3. The average molecular weight is 280 g/mol. The first-order valence-electron chi connectivity index (χ1n) is 7.61. The number of nitrogens with one attached hydrogen (secondary N) is 1. The lowest BCUT2D eigenvalue weighted by Crippen LogP contribution is -2.42. The van der Waals surface area contributed by atoms with Crippen molar-refractivity contribution in [2.75, 3.05) is 26.2 Å². The molecule has 112 valence electrons. The molecule has 1 unspecified atom stereocenters. The fraction of sp³-hybridized carbons (Fsp3) is 0.857. The minimum absolute atomic E-state index is 0.0629. The second-order valence-corrected chi connectivity index (χ2v) is 6.07. The zero-order chi connectivity index (χ0) is 13.9. The molecule has 1 atom stereocenters. The molecule has 2 aliphatic rings. The van der Waals surface area contributed by atoms with Crippen molar-refractivity contribution in [3.63, 3.8) is 0 Å². The van der Waals surface area contributed by atoms with Gasteiger partial charge in [-0.2, -0.15) is 4.98 Å². The Labute approximate surface area is 119 Å². The van der Waals surface area contributed by atoms with Gasteiger partial charge in [0.25, 0.3) is 0 Å². The van der Waals surface area contributed by atoms with Crippen LogP contribution in [0.3, 0.4) is 0 Å². The molecule has 2 heterocycles. The first kappa shape index (κ1) is 14.0. The summed E-state index contributed by atoms with van der Waals surface area (Å²) in [5, 5.41) is 7.43. The third-order valence-electron chi connectivity index (χ3n) is 4.01. The molecule has 1 saturated carbocycles. The molecule has 2 fully saturated rings. The van der Waals surface area contributed by atoms with E-state index in [1.54, 1.807) is 0 Å². The number of rotatable bonds is 6. The van der Waals surface area contributed by atoms with Crippen LogP contribution in [0.2, 0.25) is 0 Å². The highest BCUT2D eigenvalue weighted by Gasteiger charge is 2.27. The molecule has 1 aromatic rings. The lowest BCUT2D eigenvalue weighted by atomic mass is 10.2. The zero-order valence-electron chi connectivity index (χ0n) is 12.3. The number of morpholine rings is 1. The van der Waals surface area contributed by atoms with Crippen LogP contribution in [0.15, 0.2) is 4.52 Å². The van der Waals surface area contributed by atoms with E-state index in [0.717, 1.165) is 32.2 Å². The van der Waals surface area contributed by atoms with Crippen LogP contribution in [0.4, 0.5) is 0 Å². The first-order valence-corrected chi connectivity index (χ1v) is 7.61. The largest absolute Gasteiger partial charge is 0.367 e. The lowest BCUT2D eigenvalue weighted by Gasteiger charge is -2.34. The summed E-state index contributed by atoms with van der Waals surface area (Å²) in [6.45, 7) is 8.65. The zero-order valence-corrected chi connectivity index (χ0v) is 12.3. The maximum Gasteiger partial charge on any atom is 0.240 e. The highest BCUT2D eigenvalue weighted by molar-refractivity contribution is 4.94. The van der Waals surface area contributed by atoms with Crippen molar-refractivity contribution in [2.45, 2.75) is 45.4 Å². The second kappa shape index (κ2) is 6.20. The Bertz CT molecular complexity index is 431. The summed E-state index contributed by atoms with van der Waals surface area (Å²) in [5.41, 5.74) is 0. The van der Waals surface area contributed by atoms with Crippen LogP contribution in [-0.4, -0.2) is 47.3 Å². The highest BCUT2D eigenvalue weighted by atomic mass is 16.5. The van der Waals surface area contributed by atoms with Crippen molar-refractivity contribution in [3.8, 4) is 0 Å². The van der Waals surface area contributed by atoms with Crippen molar-refractivity contribution in [1.29, 1.82) is 0 Å². The quantitative estimate of drug-likeness (QED) is 0.848. The summed E-state index contributed by atoms with van der Waals surface area (Å²) in [6.07, 6.45) is 2.64. The van der Waals surface area contributed by atoms with Gasteiger partial charge in [0, 0.05) is 19.1 Å². The van der Waals surface area contributed by atoms with E-state index in [1.165, 1.54) is 12.8 Å². The van der Waals surface area contributed by atoms with E-state index < -0.39 is 0 Å². The van der Waals surface area contributed by atoms with E-state index in [0.29, 0.717) is 24.3 Å². The molecule has 6 nitrogen and oxygen atoms in total. The molecule has 1 aliphatic heterocycles. The van der Waals surface area contributed by atoms with E-state index in [9.17, 15) is 0 Å². The van der Waals surface area contributed by atoms with Crippen LogP contribution in [0.5, 0.6) is 0 Å². The van der Waals surface area contributed by atoms with Gasteiger partial charge in [0.2, 0.25) is 11.7 Å². The van der Waals surface area contributed by atoms with Crippen LogP contribution in [-0.2, 0) is 11.3 Å². The van der Waals surface area contributed by atoms with Crippen LogP contribution in [0, 0.1) is 5.92 Å². The number of ether oxygens (including phenoxy) is 1. The molecule has 0 radical (unpaired) electrons. The van der Waals surface area contributed by atoms with Gasteiger partial charge in [0.05, 0.1) is 13.2 Å². The molecule has 0 aromatic carbocycles. The van der Waals surface area contributed by atoms with Crippen LogP contribution in [0.25, 0.3) is 0 Å². The van der Waals surface area contributed by atoms with Crippen molar-refractivity contribution in [3.05, 3.63) is 11.7 Å². The van der Waals surface area contributed by atoms with Gasteiger partial charge < -0.3 is 14.6 Å². The summed E-state index contributed by atoms with van der Waals surface area (Å²) >= 11 is 0. The van der Waals surface area contributed by atoms with E-state index >= 15 is 0 Å². The van der Waals surface area contributed by atoms with Crippen molar-refractivity contribution >= 4 is 0 Å². The molecule has 0 bridgehead atoms. The number of hydrogen-bond acceptors (Lipinski definition) is 6. The Morgan fingerprint density at radius 1 is 1.40 bits per heavy atom. The predicted octanol–water partition coefficient (Wildman–Crippen LogP) is 1.35. The molecular formula is C14H24N4O2. The maximum atomic E-state index is 5.76. The minimum atomic E-state index is -0.0629. The smallest absolute Gasteiger partial charge is 0.240 e. The first-order chi connectivity index (χ1) is 9.72. The number of aromatic nitrogens is 2. The molecule has 1 N–H and O–H groups in total. The molecule has 1 aromatic heterocycles. The van der Waals surface area contributed by atoms with Gasteiger partial charge >= 0.3 is 0 Å². The summed E-state index contributed by atoms with van der Waals surface area (Å²) in [4.78, 5) is 6.84. The summed E-state index contributed by atoms with van der Waals surface area (Å²) < 4.78 is 11.1. The molecule has 0 amide bonds. The fourth-order valence-electron chi connectivity index (χ4n) is 2.47. The number of nitrogens with zero attached hydrogens (tertiary/aromatic N) is 3. The Morgan fingerprint density at radius 3 is 3.00 bits per heavy atom. The van der Waals surface area contributed by atoms with Gasteiger partial charge in [-0.3, -0.25) is 4.90 Å². The Morgan fingerprint density at radius 2 is 2.25 bits per heavy atom. The normalized spacial score (nSPS) is 24.4. The summed E-state index contributed by atoms with van der Waals surface area (Å²) in [5.74, 6) is 2.20. The SMILES string of the molecule is CC(C)N1CCOC(c2noc(CNCC3CC3)n2)C1. The monoisotopic (exact) mass is 280 g/mol. The average Bonchev–Trinajstić information content (AvgIpc) is 3.15. The summed E-state index contributed by atoms with van der Waals surface area (Å²) in [6, 6.07) is 0.521. The summed E-state index contributed by atoms with van der Waals surface area (Å²) in [7, 11) is 0. The second-order valence-electron chi connectivity index (χ2n) is 6.07. The molecule has 0 spiro atoms. The van der Waals surface area contributed by atoms with E-state index in [4.69, 9.17) is 9.26 Å². The maximum absolute atomic E-state index is 5.76. The van der Waals surface area contributed by atoms with E-state index in [-0.39, 0.29) is 6.10 Å². The third-order valence-corrected chi connectivity index (χ3v) is 4.01. The van der Waals surface area contributed by atoms with Crippen molar-refractivity contribution in [2.24, 2.45) is 5.92 Å². The van der Waals surface area contributed by atoms with Crippen LogP contribution < -0.4 is 5.32 Å². The van der Waals surface area contributed by atoms with Crippen molar-refractivity contribution in [1.82, 2.24) is 20.4 Å². The van der Waals surface area contributed by atoms with Gasteiger partial charge in [-0.25, -0.2) is 0 Å². The Kier molecular flexibility index (Phi) is 4.33. The van der Waals surface area contributed by atoms with Crippen molar-refractivity contribution < 1.29 is 9.26 Å². The van der Waals surface area contributed by atoms with E-state index in [1.807, 2.05) is 0 Å². The van der Waals surface area contributed by atoms with Crippen LogP contribution in [0.1, 0.15) is 44.5 Å². The molecular weight excluding hydrogens is 256 g/mol. The molecule has 3 rings (SSSR count). The predicted molar refractivity (Wildman–Crippen MR) is 74.1 cm³/mol. The third kappa shape index (κ3) is 3.56. The van der Waals surface area contributed by atoms with Gasteiger partial charge in [-0.15, -0.1) is 0 Å². The van der Waals surface area contributed by atoms with Crippen LogP contribution >= 0.6 is 0 Å². The van der Waals surface area contributed by atoms with Gasteiger partial charge in [-0.05, 0) is 39.2 Å². The fourth-order valence-corrected chi connectivity index (χ4v) is 2.47. The van der Waals surface area contributed by atoms with Gasteiger partial charge in [0.1, 0.15) is 6.10 Å².